The van der Waals surface area contributed by atoms with Crippen LogP contribution in [0.15, 0.2) is 24.3 Å². The molecule has 2 unspecified atom stereocenters. The zero-order chi connectivity index (χ0) is 18.9. The lowest BCUT2D eigenvalue weighted by atomic mass is 9.92. The first kappa shape index (κ1) is 20.2. The number of nitrogens with one attached hydrogen (secondary N) is 2. The number of amides is 2. The van der Waals surface area contributed by atoms with Crippen molar-refractivity contribution in [3.63, 3.8) is 0 Å². The zero-order valence-electron chi connectivity index (χ0n) is 16.1. The first-order valence-electron chi connectivity index (χ1n) is 9.43. The molecule has 1 fully saturated rings. The molecule has 2 atom stereocenters. The van der Waals surface area contributed by atoms with Gasteiger partial charge in [0.05, 0.1) is 7.11 Å². The van der Waals surface area contributed by atoms with Crippen molar-refractivity contribution >= 4 is 17.5 Å². The Morgan fingerprint density at radius 2 is 1.73 bits per heavy atom. The van der Waals surface area contributed by atoms with E-state index in [-0.39, 0.29) is 0 Å². The minimum Gasteiger partial charge on any atom is -0.497 e. The molecule has 1 aliphatic rings. The van der Waals surface area contributed by atoms with Crippen LogP contribution in [-0.4, -0.2) is 50.0 Å². The van der Waals surface area contributed by atoms with Crippen LogP contribution in [0.3, 0.4) is 0 Å². The average Bonchev–Trinajstić information content (AvgIpc) is 2.61. The highest BCUT2D eigenvalue weighted by molar-refractivity contribution is 6.39. The second kappa shape index (κ2) is 10.2. The summed E-state index contributed by atoms with van der Waals surface area (Å²) in [7, 11) is 1.58. The number of unbranched alkanes of at least 4 members (excludes halogenated alkanes) is 1. The summed E-state index contributed by atoms with van der Waals surface area (Å²) in [5, 5.41) is 5.27. The van der Waals surface area contributed by atoms with Crippen LogP contribution in [0.2, 0.25) is 0 Å². The van der Waals surface area contributed by atoms with Gasteiger partial charge in [-0.1, -0.05) is 13.8 Å². The number of carbonyl (C=O) groups is 2. The summed E-state index contributed by atoms with van der Waals surface area (Å²) in [6.45, 7) is 8.53. The normalized spacial score (nSPS) is 20.4. The van der Waals surface area contributed by atoms with Gasteiger partial charge in [-0.2, -0.15) is 0 Å². The maximum absolute atomic E-state index is 11.9. The minimum absolute atomic E-state index is 0.522. The molecular formula is C20H31N3O3. The molecule has 2 rings (SSSR count). The van der Waals surface area contributed by atoms with E-state index in [0.717, 1.165) is 31.2 Å². The summed E-state index contributed by atoms with van der Waals surface area (Å²) in [5.41, 5.74) is 0.569. The predicted molar refractivity (Wildman–Crippen MR) is 103 cm³/mol. The lowest BCUT2D eigenvalue weighted by Crippen LogP contribution is -2.39. The number of carbonyl (C=O) groups excluding carboxylic acids is 2. The van der Waals surface area contributed by atoms with Gasteiger partial charge in [-0.05, 0) is 61.9 Å². The quantitative estimate of drug-likeness (QED) is 0.578. The van der Waals surface area contributed by atoms with Crippen LogP contribution in [-0.2, 0) is 9.59 Å². The molecule has 26 heavy (non-hydrogen) atoms. The average molecular weight is 361 g/mol. The Bertz CT molecular complexity index is 578. The number of hydrogen-bond donors (Lipinski definition) is 2. The molecule has 1 aromatic carbocycles. The van der Waals surface area contributed by atoms with Crippen LogP contribution in [0.1, 0.15) is 33.1 Å². The van der Waals surface area contributed by atoms with E-state index in [1.807, 2.05) is 0 Å². The smallest absolute Gasteiger partial charge is 0.313 e. The predicted octanol–water partition coefficient (Wildman–Crippen LogP) is 2.51. The van der Waals surface area contributed by atoms with E-state index in [9.17, 15) is 9.59 Å². The van der Waals surface area contributed by atoms with E-state index in [1.165, 1.54) is 19.5 Å². The van der Waals surface area contributed by atoms with Gasteiger partial charge in [-0.25, -0.2) is 0 Å². The van der Waals surface area contributed by atoms with Crippen LogP contribution in [0, 0.1) is 11.8 Å². The summed E-state index contributed by atoms with van der Waals surface area (Å²) < 4.78 is 5.06. The van der Waals surface area contributed by atoms with E-state index < -0.39 is 11.8 Å². The van der Waals surface area contributed by atoms with E-state index in [4.69, 9.17) is 4.74 Å². The highest BCUT2D eigenvalue weighted by Gasteiger charge is 2.21. The van der Waals surface area contributed by atoms with Crippen molar-refractivity contribution in [2.75, 3.05) is 38.6 Å². The monoisotopic (exact) mass is 361 g/mol. The number of benzene rings is 1. The van der Waals surface area contributed by atoms with Gasteiger partial charge in [0.2, 0.25) is 0 Å². The van der Waals surface area contributed by atoms with Gasteiger partial charge in [-0.3, -0.25) is 9.59 Å². The van der Waals surface area contributed by atoms with E-state index in [1.54, 1.807) is 31.4 Å². The molecule has 1 aliphatic heterocycles. The van der Waals surface area contributed by atoms with Crippen molar-refractivity contribution in [3.8, 4) is 5.75 Å². The lowest BCUT2D eigenvalue weighted by Gasteiger charge is -2.34. The van der Waals surface area contributed by atoms with Gasteiger partial charge in [0.25, 0.3) is 0 Å². The first-order valence-corrected chi connectivity index (χ1v) is 9.43. The third kappa shape index (κ3) is 6.67. The Hall–Kier alpha value is -2.08. The fourth-order valence-electron chi connectivity index (χ4n) is 3.58. The van der Waals surface area contributed by atoms with Crippen molar-refractivity contribution in [2.45, 2.75) is 33.1 Å². The van der Waals surface area contributed by atoms with E-state index in [2.05, 4.69) is 29.4 Å². The Morgan fingerprint density at radius 3 is 2.35 bits per heavy atom. The third-order valence-corrected chi connectivity index (χ3v) is 4.69. The zero-order valence-corrected chi connectivity index (χ0v) is 16.1. The molecule has 144 valence electrons. The number of likely N-dealkylation sites (tertiary alicyclic amines) is 1. The minimum atomic E-state index is -0.645. The van der Waals surface area contributed by atoms with Crippen molar-refractivity contribution in [1.29, 1.82) is 0 Å². The number of rotatable bonds is 7. The third-order valence-electron chi connectivity index (χ3n) is 4.69. The largest absolute Gasteiger partial charge is 0.497 e. The molecule has 6 heteroatoms. The van der Waals surface area contributed by atoms with Gasteiger partial charge in [0, 0.05) is 25.3 Å². The second-order valence-corrected chi connectivity index (χ2v) is 7.35. The van der Waals surface area contributed by atoms with E-state index in [0.29, 0.717) is 18.0 Å². The molecule has 0 radical (unpaired) electrons. The fraction of sp³-hybridized carbons (Fsp3) is 0.600. The molecule has 6 nitrogen and oxygen atoms in total. The van der Waals surface area contributed by atoms with Crippen molar-refractivity contribution < 1.29 is 14.3 Å². The Morgan fingerprint density at radius 1 is 1.08 bits per heavy atom. The van der Waals surface area contributed by atoms with Gasteiger partial charge in [0.1, 0.15) is 5.75 Å². The number of hydrogen-bond acceptors (Lipinski definition) is 4. The summed E-state index contributed by atoms with van der Waals surface area (Å²) in [6.07, 6.45) is 3.22. The lowest BCUT2D eigenvalue weighted by molar-refractivity contribution is -0.136. The summed E-state index contributed by atoms with van der Waals surface area (Å²) >= 11 is 0. The molecule has 0 aromatic heterocycles. The van der Waals surface area contributed by atoms with Crippen molar-refractivity contribution in [2.24, 2.45) is 11.8 Å². The SMILES string of the molecule is COc1ccc(NC(=O)C(=O)NCCCCN2CC(C)CC(C)C2)cc1. The number of piperidine rings is 1. The van der Waals surface area contributed by atoms with Gasteiger partial charge in [-0.15, -0.1) is 0 Å². The van der Waals surface area contributed by atoms with Crippen LogP contribution >= 0.6 is 0 Å². The summed E-state index contributed by atoms with van der Waals surface area (Å²) in [6, 6.07) is 6.86. The topological polar surface area (TPSA) is 70.7 Å². The molecule has 0 saturated carbocycles. The molecule has 1 saturated heterocycles. The van der Waals surface area contributed by atoms with Crippen LogP contribution < -0.4 is 15.4 Å². The maximum atomic E-state index is 11.9. The first-order chi connectivity index (χ1) is 12.5. The number of nitrogens with zero attached hydrogens (tertiary/aromatic N) is 1. The summed E-state index contributed by atoms with van der Waals surface area (Å²) in [4.78, 5) is 26.3. The molecule has 1 aromatic rings. The molecule has 0 aliphatic carbocycles. The van der Waals surface area contributed by atoms with Crippen LogP contribution in [0.5, 0.6) is 5.75 Å². The standard InChI is InChI=1S/C20H31N3O3/c1-15-12-16(2)14-23(13-15)11-5-4-10-21-19(24)20(25)22-17-6-8-18(26-3)9-7-17/h6-9,15-16H,4-5,10-14H2,1-3H3,(H,21,24)(H,22,25). The number of methoxy groups -OCH3 is 1. The number of ether oxygens (including phenoxy) is 1. The summed E-state index contributed by atoms with van der Waals surface area (Å²) in [5.74, 6) is 0.986. The van der Waals surface area contributed by atoms with Gasteiger partial charge in [0.15, 0.2) is 0 Å². The molecule has 0 spiro atoms. The van der Waals surface area contributed by atoms with Crippen molar-refractivity contribution in [1.82, 2.24) is 10.2 Å². The van der Waals surface area contributed by atoms with Crippen LogP contribution in [0.4, 0.5) is 5.69 Å². The molecule has 0 bridgehead atoms. The second-order valence-electron chi connectivity index (χ2n) is 7.35. The maximum Gasteiger partial charge on any atom is 0.313 e. The highest BCUT2D eigenvalue weighted by atomic mass is 16.5. The molecular weight excluding hydrogens is 330 g/mol. The molecule has 2 N–H and O–H groups in total. The van der Waals surface area contributed by atoms with Gasteiger partial charge >= 0.3 is 11.8 Å². The number of anilines is 1. The fourth-order valence-corrected chi connectivity index (χ4v) is 3.58. The highest BCUT2D eigenvalue weighted by Crippen LogP contribution is 2.21. The van der Waals surface area contributed by atoms with Crippen molar-refractivity contribution in [3.05, 3.63) is 24.3 Å². The molecule has 1 heterocycles. The van der Waals surface area contributed by atoms with Gasteiger partial charge < -0.3 is 20.3 Å². The Balaban J connectivity index is 1.61. The Labute approximate surface area is 156 Å². The van der Waals surface area contributed by atoms with E-state index >= 15 is 0 Å². The molecule has 2 amide bonds. The Kier molecular flexibility index (Phi) is 7.91. The van der Waals surface area contributed by atoms with Crippen LogP contribution in [0.25, 0.3) is 0 Å².